The molecule has 1 rings (SSSR count). The minimum Gasteiger partial charge on any atom is -0.478 e. The molecule has 0 bridgehead atoms. The van der Waals surface area contributed by atoms with E-state index >= 15 is 0 Å². The minimum atomic E-state index is -0.914. The molecule has 0 atom stereocenters. The van der Waals surface area contributed by atoms with E-state index in [9.17, 15) is 4.79 Å². The van der Waals surface area contributed by atoms with Crippen LogP contribution in [0.4, 0.5) is 0 Å². The Kier molecular flexibility index (Phi) is 9.35. The highest BCUT2D eigenvalue weighted by atomic mass is 16.4. The average molecular weight is 252 g/mol. The molecule has 18 heavy (non-hydrogen) atoms. The fraction of sp³-hybridized carbons (Fsp3) is 0.688. The summed E-state index contributed by atoms with van der Waals surface area (Å²) in [5.74, 6) is 2.06. The monoisotopic (exact) mass is 252 g/mol. The summed E-state index contributed by atoms with van der Waals surface area (Å²) in [7, 11) is 0. The molecule has 0 heterocycles. The van der Waals surface area contributed by atoms with Gasteiger partial charge in [0.2, 0.25) is 0 Å². The summed E-state index contributed by atoms with van der Waals surface area (Å²) in [5.41, 5.74) is 0. The Hall–Kier alpha value is -1.05. The van der Waals surface area contributed by atoms with Gasteiger partial charge in [0, 0.05) is 6.08 Å². The molecule has 0 saturated heterocycles. The van der Waals surface area contributed by atoms with E-state index in [-0.39, 0.29) is 0 Å². The summed E-state index contributed by atoms with van der Waals surface area (Å²) in [4.78, 5) is 9.75. The van der Waals surface area contributed by atoms with Crippen molar-refractivity contribution in [2.45, 2.75) is 53.4 Å². The number of hydrogen-bond donors (Lipinski definition) is 1. The predicted octanol–water partition coefficient (Wildman–Crippen LogP) is 4.67. The number of allylic oxidation sites excluding steroid dienone is 3. The SMILES string of the molecule is CC1CCC(C(C)C)CC1.CC=CC=CC(=O)O. The van der Waals surface area contributed by atoms with E-state index < -0.39 is 5.97 Å². The number of carbonyl (C=O) groups is 1. The molecule has 0 aromatic heterocycles. The van der Waals surface area contributed by atoms with Gasteiger partial charge in [0.15, 0.2) is 0 Å². The van der Waals surface area contributed by atoms with Crippen molar-refractivity contribution in [2.75, 3.05) is 0 Å². The molecule has 2 nitrogen and oxygen atoms in total. The van der Waals surface area contributed by atoms with Crippen molar-refractivity contribution in [3.05, 3.63) is 24.3 Å². The maximum atomic E-state index is 9.75. The topological polar surface area (TPSA) is 37.3 Å². The zero-order valence-electron chi connectivity index (χ0n) is 12.2. The third-order valence-electron chi connectivity index (χ3n) is 3.55. The zero-order chi connectivity index (χ0) is 14.0. The first-order chi connectivity index (χ1) is 8.47. The molecule has 104 valence electrons. The van der Waals surface area contributed by atoms with Crippen LogP contribution in [0, 0.1) is 17.8 Å². The highest BCUT2D eigenvalue weighted by Crippen LogP contribution is 2.32. The number of aliphatic carboxylic acids is 1. The minimum absolute atomic E-state index is 0.914. The molecular formula is C16H28O2. The van der Waals surface area contributed by atoms with Crippen molar-refractivity contribution in [1.82, 2.24) is 0 Å². The van der Waals surface area contributed by atoms with E-state index in [1.165, 1.54) is 31.8 Å². The second kappa shape index (κ2) is 9.93. The smallest absolute Gasteiger partial charge is 0.328 e. The Morgan fingerprint density at radius 3 is 2.11 bits per heavy atom. The van der Waals surface area contributed by atoms with Gasteiger partial charge in [-0.1, -0.05) is 51.8 Å². The summed E-state index contributed by atoms with van der Waals surface area (Å²) in [6, 6.07) is 0. The second-order valence-corrected chi connectivity index (χ2v) is 5.49. The van der Waals surface area contributed by atoms with Crippen LogP contribution in [0.3, 0.4) is 0 Å². The van der Waals surface area contributed by atoms with Crippen molar-refractivity contribution in [3.63, 3.8) is 0 Å². The zero-order valence-corrected chi connectivity index (χ0v) is 12.2. The van der Waals surface area contributed by atoms with Crippen LogP contribution in [-0.2, 0) is 4.79 Å². The van der Waals surface area contributed by atoms with Crippen LogP contribution in [0.2, 0.25) is 0 Å². The maximum absolute atomic E-state index is 9.75. The molecule has 1 fully saturated rings. The molecule has 0 aromatic carbocycles. The van der Waals surface area contributed by atoms with Gasteiger partial charge in [0.25, 0.3) is 0 Å². The number of carboxylic acids is 1. The molecule has 1 aliphatic carbocycles. The van der Waals surface area contributed by atoms with E-state index in [1.54, 1.807) is 12.2 Å². The van der Waals surface area contributed by atoms with Crippen LogP contribution in [0.5, 0.6) is 0 Å². The van der Waals surface area contributed by atoms with Gasteiger partial charge in [-0.05, 0) is 37.5 Å². The number of carboxylic acid groups (broad SMARTS) is 1. The standard InChI is InChI=1S/C10H20.C6H8O2/c1-8(2)10-6-4-9(3)5-7-10;1-2-3-4-5-6(7)8/h8-10H,4-7H2,1-3H3;2-5H,1H3,(H,7,8). The maximum Gasteiger partial charge on any atom is 0.328 e. The van der Waals surface area contributed by atoms with Gasteiger partial charge in [-0.25, -0.2) is 4.79 Å². The average Bonchev–Trinajstić information content (AvgIpc) is 2.30. The lowest BCUT2D eigenvalue weighted by Gasteiger charge is -2.28. The van der Waals surface area contributed by atoms with Gasteiger partial charge in [-0.15, -0.1) is 0 Å². The molecule has 0 unspecified atom stereocenters. The summed E-state index contributed by atoms with van der Waals surface area (Å²) >= 11 is 0. The van der Waals surface area contributed by atoms with Crippen molar-refractivity contribution < 1.29 is 9.90 Å². The number of hydrogen-bond acceptors (Lipinski definition) is 1. The van der Waals surface area contributed by atoms with Crippen LogP contribution in [0.1, 0.15) is 53.4 Å². The lowest BCUT2D eigenvalue weighted by Crippen LogP contribution is -2.16. The fourth-order valence-electron chi connectivity index (χ4n) is 2.20. The Morgan fingerprint density at radius 2 is 1.72 bits per heavy atom. The van der Waals surface area contributed by atoms with Crippen molar-refractivity contribution >= 4 is 5.97 Å². The second-order valence-electron chi connectivity index (χ2n) is 5.49. The van der Waals surface area contributed by atoms with Crippen molar-refractivity contribution in [2.24, 2.45) is 17.8 Å². The van der Waals surface area contributed by atoms with Crippen molar-refractivity contribution in [1.29, 1.82) is 0 Å². The van der Waals surface area contributed by atoms with Crippen LogP contribution < -0.4 is 0 Å². The Balaban J connectivity index is 0.000000331. The van der Waals surface area contributed by atoms with Gasteiger partial charge < -0.3 is 5.11 Å². The van der Waals surface area contributed by atoms with E-state index in [4.69, 9.17) is 5.11 Å². The molecule has 0 aliphatic heterocycles. The Morgan fingerprint density at radius 1 is 1.17 bits per heavy atom. The van der Waals surface area contributed by atoms with E-state index in [0.29, 0.717) is 0 Å². The van der Waals surface area contributed by atoms with Crippen molar-refractivity contribution in [3.8, 4) is 0 Å². The summed E-state index contributed by atoms with van der Waals surface area (Å²) in [5, 5.41) is 8.02. The highest BCUT2D eigenvalue weighted by Gasteiger charge is 2.19. The van der Waals surface area contributed by atoms with E-state index in [0.717, 1.165) is 23.8 Å². The molecule has 0 spiro atoms. The van der Waals surface area contributed by atoms with Crippen LogP contribution in [-0.4, -0.2) is 11.1 Å². The van der Waals surface area contributed by atoms with Crippen LogP contribution >= 0.6 is 0 Å². The third kappa shape index (κ3) is 9.03. The quantitative estimate of drug-likeness (QED) is 0.585. The number of rotatable bonds is 3. The summed E-state index contributed by atoms with van der Waals surface area (Å²) in [6.45, 7) is 8.93. The van der Waals surface area contributed by atoms with Gasteiger partial charge in [0.05, 0.1) is 0 Å². The molecule has 0 amide bonds. The molecule has 1 saturated carbocycles. The predicted molar refractivity (Wildman–Crippen MR) is 77.5 cm³/mol. The summed E-state index contributed by atoms with van der Waals surface area (Å²) < 4.78 is 0. The first-order valence-electron chi connectivity index (χ1n) is 6.99. The first-order valence-corrected chi connectivity index (χ1v) is 6.99. The summed E-state index contributed by atoms with van der Waals surface area (Å²) in [6.07, 6.45) is 11.9. The molecule has 0 aromatic rings. The lowest BCUT2D eigenvalue weighted by molar-refractivity contribution is -0.131. The fourth-order valence-corrected chi connectivity index (χ4v) is 2.20. The van der Waals surface area contributed by atoms with E-state index in [1.807, 2.05) is 6.92 Å². The van der Waals surface area contributed by atoms with Gasteiger partial charge >= 0.3 is 5.97 Å². The third-order valence-corrected chi connectivity index (χ3v) is 3.55. The van der Waals surface area contributed by atoms with Gasteiger partial charge in [-0.2, -0.15) is 0 Å². The Bertz CT molecular complexity index is 269. The largest absolute Gasteiger partial charge is 0.478 e. The van der Waals surface area contributed by atoms with Gasteiger partial charge in [-0.3, -0.25) is 0 Å². The van der Waals surface area contributed by atoms with Crippen LogP contribution in [0.15, 0.2) is 24.3 Å². The highest BCUT2D eigenvalue weighted by molar-refractivity contribution is 5.80. The van der Waals surface area contributed by atoms with E-state index in [2.05, 4.69) is 20.8 Å². The van der Waals surface area contributed by atoms with Gasteiger partial charge in [0.1, 0.15) is 0 Å². The molecular weight excluding hydrogens is 224 g/mol. The molecule has 2 heteroatoms. The first kappa shape index (κ1) is 16.9. The molecule has 1 N–H and O–H groups in total. The lowest BCUT2D eigenvalue weighted by atomic mass is 9.78. The molecule has 0 radical (unpaired) electrons. The molecule has 1 aliphatic rings. The Labute approximate surface area is 112 Å². The van der Waals surface area contributed by atoms with Crippen LogP contribution in [0.25, 0.3) is 0 Å². The normalized spacial score (nSPS) is 24.3.